The highest BCUT2D eigenvalue weighted by Gasteiger charge is 2.22. The van der Waals surface area contributed by atoms with Crippen molar-refractivity contribution < 1.29 is 4.42 Å². The molecule has 10 aromatic rings. The first-order valence-electron chi connectivity index (χ1n) is 16.6. The molecule has 224 valence electrons. The molecule has 1 heterocycles. The fraction of sp³-hybridized carbons (Fsp3) is 0.0213. The van der Waals surface area contributed by atoms with E-state index in [1.807, 2.05) is 0 Å². The maximum Gasteiger partial charge on any atom is 0.143 e. The predicted octanol–water partition coefficient (Wildman–Crippen LogP) is 13.5. The highest BCUT2D eigenvalue weighted by molar-refractivity contribution is 6.27. The highest BCUT2D eigenvalue weighted by Crippen LogP contribution is 2.49. The summed E-state index contributed by atoms with van der Waals surface area (Å²) in [5.74, 6) is 0. The lowest BCUT2D eigenvalue weighted by molar-refractivity contribution is 0.670. The normalized spacial score (nSPS) is 11.9. The maximum absolute atomic E-state index is 6.95. The molecule has 1 nitrogen and oxygen atoms in total. The van der Waals surface area contributed by atoms with E-state index < -0.39 is 0 Å². The Morgan fingerprint density at radius 1 is 0.333 bits per heavy atom. The zero-order valence-electron chi connectivity index (χ0n) is 26.5. The Balaban J connectivity index is 1.33. The number of hydrogen-bond acceptors (Lipinski definition) is 1. The molecule has 0 N–H and O–H groups in total. The summed E-state index contributed by atoms with van der Waals surface area (Å²) in [5.41, 5.74) is 10.4. The molecule has 0 saturated heterocycles. The molecule has 0 aliphatic rings. The van der Waals surface area contributed by atoms with Gasteiger partial charge in [0.05, 0.1) is 0 Å². The zero-order valence-corrected chi connectivity index (χ0v) is 26.5. The summed E-state index contributed by atoms with van der Waals surface area (Å²) in [7, 11) is 0. The lowest BCUT2D eigenvalue weighted by atomic mass is 9.84. The van der Waals surface area contributed by atoms with Crippen LogP contribution in [0.4, 0.5) is 0 Å². The van der Waals surface area contributed by atoms with E-state index in [1.54, 1.807) is 0 Å². The van der Waals surface area contributed by atoms with E-state index in [0.29, 0.717) is 0 Å². The van der Waals surface area contributed by atoms with Gasteiger partial charge >= 0.3 is 0 Å². The molecule has 0 atom stereocenters. The second-order valence-electron chi connectivity index (χ2n) is 12.8. The van der Waals surface area contributed by atoms with Crippen LogP contribution in [0.5, 0.6) is 0 Å². The summed E-state index contributed by atoms with van der Waals surface area (Å²) in [4.78, 5) is 0. The largest absolute Gasteiger partial charge is 0.455 e. The van der Waals surface area contributed by atoms with Gasteiger partial charge in [0.2, 0.25) is 0 Å². The molecule has 0 bridgehead atoms. The Hall–Kier alpha value is -6.18. The van der Waals surface area contributed by atoms with Crippen LogP contribution in [0.2, 0.25) is 0 Å². The molecule has 48 heavy (non-hydrogen) atoms. The van der Waals surface area contributed by atoms with Crippen molar-refractivity contribution in [2.75, 3.05) is 0 Å². The van der Waals surface area contributed by atoms with Gasteiger partial charge in [0, 0.05) is 21.9 Å². The van der Waals surface area contributed by atoms with E-state index >= 15 is 0 Å². The smallest absolute Gasteiger partial charge is 0.143 e. The SMILES string of the molecule is Cc1c2ccccc2c(-c2cccc3c2oc2cccc(-c4c5ccccc5c(-c5ccccc5)c5ccccc45)c23)c2ccccc12. The molecule has 1 aromatic heterocycles. The number of fused-ring (bicyclic) bond motifs is 7. The van der Waals surface area contributed by atoms with Crippen LogP contribution < -0.4 is 0 Å². The standard InChI is InChI=1S/C47H30O/c1-29-31-17-5-7-19-33(31)45(34-20-8-6-18-32(29)34)40-26-13-27-41-46-39(25-14-28-42(46)48-47(40)41)44-37-23-11-9-21-35(37)43(30-15-3-2-4-16-30)36-22-10-12-24-38(36)44/h2-28H,1H3. The molecule has 0 aliphatic carbocycles. The van der Waals surface area contributed by atoms with Crippen molar-refractivity contribution in [3.8, 4) is 33.4 Å². The second kappa shape index (κ2) is 10.4. The fourth-order valence-corrected chi connectivity index (χ4v) is 8.22. The van der Waals surface area contributed by atoms with Gasteiger partial charge in [-0.1, -0.05) is 158 Å². The number of aryl methyl sites for hydroxylation is 1. The summed E-state index contributed by atoms with van der Waals surface area (Å²) in [5, 5.41) is 12.3. The molecule has 0 fully saturated rings. The van der Waals surface area contributed by atoms with Crippen LogP contribution in [-0.2, 0) is 0 Å². The summed E-state index contributed by atoms with van der Waals surface area (Å²) in [6, 6.07) is 59.3. The van der Waals surface area contributed by atoms with Gasteiger partial charge in [-0.2, -0.15) is 0 Å². The highest BCUT2D eigenvalue weighted by atomic mass is 16.3. The molecular weight excluding hydrogens is 581 g/mol. The Labute approximate surface area is 278 Å². The summed E-state index contributed by atoms with van der Waals surface area (Å²) < 4.78 is 6.95. The Kier molecular flexibility index (Phi) is 5.86. The first-order chi connectivity index (χ1) is 23.8. The monoisotopic (exact) mass is 610 g/mol. The summed E-state index contributed by atoms with van der Waals surface area (Å²) in [6.07, 6.45) is 0. The van der Waals surface area contributed by atoms with Crippen molar-refractivity contribution in [2.45, 2.75) is 6.92 Å². The van der Waals surface area contributed by atoms with E-state index in [4.69, 9.17) is 4.42 Å². The average Bonchev–Trinajstić information content (AvgIpc) is 3.54. The van der Waals surface area contributed by atoms with E-state index in [9.17, 15) is 0 Å². The van der Waals surface area contributed by atoms with E-state index in [2.05, 4.69) is 171 Å². The van der Waals surface area contributed by atoms with Crippen molar-refractivity contribution in [2.24, 2.45) is 0 Å². The maximum atomic E-state index is 6.95. The molecule has 0 spiro atoms. The lowest BCUT2D eigenvalue weighted by Crippen LogP contribution is -1.91. The van der Waals surface area contributed by atoms with Crippen molar-refractivity contribution in [1.82, 2.24) is 0 Å². The number of hydrogen-bond donors (Lipinski definition) is 0. The molecule has 0 saturated carbocycles. The summed E-state index contributed by atoms with van der Waals surface area (Å²) in [6.45, 7) is 2.24. The average molecular weight is 611 g/mol. The van der Waals surface area contributed by atoms with E-state index in [-0.39, 0.29) is 0 Å². The Morgan fingerprint density at radius 3 is 1.33 bits per heavy atom. The van der Waals surface area contributed by atoms with Crippen LogP contribution in [0.25, 0.3) is 98.4 Å². The van der Waals surface area contributed by atoms with Crippen LogP contribution in [0.3, 0.4) is 0 Å². The number of furan rings is 1. The minimum atomic E-state index is 0.899. The van der Waals surface area contributed by atoms with E-state index in [0.717, 1.165) is 27.5 Å². The van der Waals surface area contributed by atoms with Gasteiger partial charge in [0.25, 0.3) is 0 Å². The molecule has 1 heteroatoms. The molecule has 9 aromatic carbocycles. The number of rotatable bonds is 3. The molecule has 0 amide bonds. The zero-order chi connectivity index (χ0) is 31.8. The van der Waals surface area contributed by atoms with E-state index in [1.165, 1.54) is 76.5 Å². The minimum absolute atomic E-state index is 0.899. The lowest BCUT2D eigenvalue weighted by Gasteiger charge is -2.18. The third-order valence-electron chi connectivity index (χ3n) is 10.3. The number of benzene rings is 9. The van der Waals surface area contributed by atoms with Crippen molar-refractivity contribution in [1.29, 1.82) is 0 Å². The van der Waals surface area contributed by atoms with Crippen LogP contribution in [0, 0.1) is 6.92 Å². The van der Waals surface area contributed by atoms with Gasteiger partial charge in [-0.15, -0.1) is 0 Å². The molecule has 10 rings (SSSR count). The predicted molar refractivity (Wildman–Crippen MR) is 205 cm³/mol. The fourth-order valence-electron chi connectivity index (χ4n) is 8.22. The minimum Gasteiger partial charge on any atom is -0.455 e. The van der Waals surface area contributed by atoms with Gasteiger partial charge in [0.1, 0.15) is 11.2 Å². The van der Waals surface area contributed by atoms with Gasteiger partial charge in [0.15, 0.2) is 0 Å². The first kappa shape index (κ1) is 27.0. The van der Waals surface area contributed by atoms with Crippen LogP contribution >= 0.6 is 0 Å². The number of para-hydroxylation sites is 1. The van der Waals surface area contributed by atoms with Gasteiger partial charge in [-0.3, -0.25) is 0 Å². The molecule has 0 radical (unpaired) electrons. The van der Waals surface area contributed by atoms with Crippen LogP contribution in [0.15, 0.2) is 168 Å². The topological polar surface area (TPSA) is 13.1 Å². The third kappa shape index (κ3) is 3.79. The van der Waals surface area contributed by atoms with Gasteiger partial charge in [-0.25, -0.2) is 0 Å². The van der Waals surface area contributed by atoms with Crippen molar-refractivity contribution in [3.05, 3.63) is 169 Å². The molecule has 0 unspecified atom stereocenters. The van der Waals surface area contributed by atoms with Crippen molar-refractivity contribution in [3.63, 3.8) is 0 Å². The van der Waals surface area contributed by atoms with Crippen LogP contribution in [-0.4, -0.2) is 0 Å². The molecular formula is C47H30O. The Morgan fingerprint density at radius 2 is 0.750 bits per heavy atom. The first-order valence-corrected chi connectivity index (χ1v) is 16.6. The molecule has 0 aliphatic heterocycles. The van der Waals surface area contributed by atoms with Crippen LogP contribution in [0.1, 0.15) is 5.56 Å². The summed E-state index contributed by atoms with van der Waals surface area (Å²) >= 11 is 0. The van der Waals surface area contributed by atoms with Gasteiger partial charge in [-0.05, 0) is 83.9 Å². The quantitative estimate of drug-likeness (QED) is 0.181. The van der Waals surface area contributed by atoms with Gasteiger partial charge < -0.3 is 4.42 Å². The Bertz CT molecular complexity index is 2780. The second-order valence-corrected chi connectivity index (χ2v) is 12.8. The van der Waals surface area contributed by atoms with Crippen molar-refractivity contribution >= 4 is 65.0 Å². The third-order valence-corrected chi connectivity index (χ3v) is 10.3.